The highest BCUT2D eigenvalue weighted by Gasteiger charge is 2.20. The number of nitro groups is 4. The highest BCUT2D eigenvalue weighted by atomic mass is 16.6. The molecule has 0 aliphatic rings. The number of hydrogen-bond acceptors (Lipinski definition) is 12. The number of nitrogens with one attached hydrogen (secondary N) is 2. The molecule has 0 aliphatic carbocycles. The largest absolute Gasteiger partial charge is 0.301 e. The molecule has 0 aliphatic heterocycles. The molecule has 280 valence electrons. The van der Waals surface area contributed by atoms with Crippen molar-refractivity contribution < 1.29 is 19.7 Å². The van der Waals surface area contributed by atoms with Crippen LogP contribution in [0.15, 0.2) is 156 Å². The zero-order valence-electron chi connectivity index (χ0n) is 29.8. The predicted molar refractivity (Wildman–Crippen MR) is 215 cm³/mol. The van der Waals surface area contributed by atoms with E-state index in [-0.39, 0.29) is 22.7 Å². The molecule has 2 N–H and O–H groups in total. The minimum absolute atomic E-state index is 0.0795. The summed E-state index contributed by atoms with van der Waals surface area (Å²) in [5.41, 5.74) is 11.1. The Morgan fingerprint density at radius 1 is 0.429 bits per heavy atom. The van der Waals surface area contributed by atoms with Gasteiger partial charge in [0.05, 0.1) is 43.2 Å². The molecular weight excluding hydrogens is 720 g/mol. The molecule has 56 heavy (non-hydrogen) atoms. The maximum Gasteiger partial charge on any atom is 0.301 e. The zero-order chi connectivity index (χ0) is 40.2. The fourth-order valence-corrected chi connectivity index (χ4v) is 5.24. The summed E-state index contributed by atoms with van der Waals surface area (Å²) in [5, 5.41) is 52.3. The van der Waals surface area contributed by atoms with E-state index in [0.717, 1.165) is 45.5 Å². The summed E-state index contributed by atoms with van der Waals surface area (Å²) in [7, 11) is 0. The van der Waals surface area contributed by atoms with E-state index in [9.17, 15) is 40.5 Å². The molecule has 0 bridgehead atoms. The van der Waals surface area contributed by atoms with Crippen molar-refractivity contribution in [2.24, 2.45) is 10.2 Å². The van der Waals surface area contributed by atoms with Gasteiger partial charge in [-0.05, 0) is 59.4 Å². The second-order valence-electron chi connectivity index (χ2n) is 11.9. The van der Waals surface area contributed by atoms with Crippen LogP contribution in [0.1, 0.15) is 25.0 Å². The van der Waals surface area contributed by atoms with E-state index < -0.39 is 31.1 Å². The molecule has 0 aromatic heterocycles. The van der Waals surface area contributed by atoms with Crippen LogP contribution in [0.2, 0.25) is 0 Å². The first kappa shape index (κ1) is 39.1. The van der Waals surface area contributed by atoms with Gasteiger partial charge in [0.1, 0.15) is 11.4 Å². The van der Waals surface area contributed by atoms with Crippen molar-refractivity contribution in [1.29, 1.82) is 0 Å². The molecule has 0 radical (unpaired) electrons. The summed E-state index contributed by atoms with van der Waals surface area (Å²) in [4.78, 5) is 41.2. The van der Waals surface area contributed by atoms with Gasteiger partial charge in [-0.25, -0.2) is 0 Å². The first-order chi connectivity index (χ1) is 26.9. The Morgan fingerprint density at radius 3 is 1.05 bits per heavy atom. The number of hydrazone groups is 2. The maximum absolute atomic E-state index is 11.2. The lowest BCUT2D eigenvalue weighted by atomic mass is 10.0. The second-order valence-corrected chi connectivity index (χ2v) is 11.9. The molecule has 6 aromatic rings. The van der Waals surface area contributed by atoms with E-state index in [1.807, 2.05) is 109 Å². The van der Waals surface area contributed by atoms with Gasteiger partial charge >= 0.3 is 11.4 Å². The van der Waals surface area contributed by atoms with Crippen molar-refractivity contribution in [3.8, 4) is 22.3 Å². The average molecular weight is 753 g/mol. The van der Waals surface area contributed by atoms with E-state index in [1.54, 1.807) is 13.8 Å². The highest BCUT2D eigenvalue weighted by Crippen LogP contribution is 2.30. The number of hydrogen-bond donors (Lipinski definition) is 2. The normalized spacial score (nSPS) is 11.1. The minimum atomic E-state index is -0.686. The van der Waals surface area contributed by atoms with E-state index in [4.69, 9.17) is 0 Å². The first-order valence-corrected chi connectivity index (χ1v) is 16.7. The van der Waals surface area contributed by atoms with Crippen LogP contribution < -0.4 is 10.9 Å². The van der Waals surface area contributed by atoms with Crippen molar-refractivity contribution in [2.75, 3.05) is 10.9 Å². The fourth-order valence-electron chi connectivity index (χ4n) is 5.24. The molecule has 0 unspecified atom stereocenters. The molecule has 0 atom stereocenters. The Hall–Kier alpha value is -8.14. The smallest absolute Gasteiger partial charge is 0.271 e. The predicted octanol–water partition coefficient (Wildman–Crippen LogP) is 10.0. The van der Waals surface area contributed by atoms with Crippen molar-refractivity contribution in [1.82, 2.24) is 0 Å². The second kappa shape index (κ2) is 18.1. The summed E-state index contributed by atoms with van der Waals surface area (Å²) < 4.78 is 0. The number of benzene rings is 6. The molecule has 6 rings (SSSR count). The Morgan fingerprint density at radius 2 is 0.750 bits per heavy atom. The molecule has 0 heterocycles. The van der Waals surface area contributed by atoms with Crippen LogP contribution in [0.3, 0.4) is 0 Å². The quantitative estimate of drug-likeness (QED) is 0.0683. The van der Waals surface area contributed by atoms with Gasteiger partial charge in [0.2, 0.25) is 0 Å². The van der Waals surface area contributed by atoms with E-state index in [0.29, 0.717) is 11.4 Å². The van der Waals surface area contributed by atoms with Gasteiger partial charge in [-0.2, -0.15) is 10.2 Å². The molecule has 16 nitrogen and oxygen atoms in total. The Bertz CT molecular complexity index is 2270. The van der Waals surface area contributed by atoms with Gasteiger partial charge in [-0.15, -0.1) is 0 Å². The average Bonchev–Trinajstić information content (AvgIpc) is 3.22. The van der Waals surface area contributed by atoms with Crippen LogP contribution in [-0.4, -0.2) is 31.1 Å². The van der Waals surface area contributed by atoms with Crippen molar-refractivity contribution in [2.45, 2.75) is 13.8 Å². The maximum atomic E-state index is 11.2. The molecule has 0 amide bonds. The van der Waals surface area contributed by atoms with Crippen LogP contribution in [0.4, 0.5) is 34.1 Å². The molecule has 0 fully saturated rings. The van der Waals surface area contributed by atoms with Gasteiger partial charge in [0.25, 0.3) is 11.4 Å². The lowest BCUT2D eigenvalue weighted by Gasteiger charge is -2.06. The third-order valence-corrected chi connectivity index (χ3v) is 8.29. The SMILES string of the molecule is C/C(=N\Nc1ccc([N+](=O)[O-])cc1[N+](=O)[O-])c1ccc(-c2ccccc2)cc1.C/C(=N\Nc1ccc([N+](=O)[O-])cc1[N+](=O)[O-])c1ccc(-c2ccccc2)cc1. The van der Waals surface area contributed by atoms with Crippen LogP contribution in [0.5, 0.6) is 0 Å². The van der Waals surface area contributed by atoms with Crippen LogP contribution >= 0.6 is 0 Å². The van der Waals surface area contributed by atoms with Gasteiger partial charge in [-0.1, -0.05) is 109 Å². The van der Waals surface area contributed by atoms with Crippen molar-refractivity contribution in [3.63, 3.8) is 0 Å². The lowest BCUT2D eigenvalue weighted by Crippen LogP contribution is -2.02. The number of nitrogens with zero attached hydrogens (tertiary/aromatic N) is 6. The molecule has 0 spiro atoms. The summed E-state index contributed by atoms with van der Waals surface area (Å²) in [5.74, 6) is 0. The topological polar surface area (TPSA) is 221 Å². The highest BCUT2D eigenvalue weighted by molar-refractivity contribution is 6.00. The number of rotatable bonds is 12. The molecule has 0 saturated heterocycles. The Labute approximate surface area is 319 Å². The number of non-ortho nitro benzene ring substituents is 2. The Balaban J connectivity index is 0.000000214. The Kier molecular flexibility index (Phi) is 12.6. The third-order valence-electron chi connectivity index (χ3n) is 8.29. The van der Waals surface area contributed by atoms with Gasteiger partial charge < -0.3 is 0 Å². The van der Waals surface area contributed by atoms with Crippen LogP contribution in [0.25, 0.3) is 22.3 Å². The summed E-state index contributed by atoms with van der Waals surface area (Å²) >= 11 is 0. The van der Waals surface area contributed by atoms with E-state index in [2.05, 4.69) is 21.1 Å². The molecule has 16 heteroatoms. The molecular formula is C40H32N8O8. The molecule has 6 aromatic carbocycles. The van der Waals surface area contributed by atoms with Gasteiger partial charge in [0.15, 0.2) is 0 Å². The van der Waals surface area contributed by atoms with Crippen LogP contribution in [-0.2, 0) is 0 Å². The van der Waals surface area contributed by atoms with E-state index >= 15 is 0 Å². The summed E-state index contributed by atoms with van der Waals surface area (Å²) in [6, 6.07) is 42.1. The number of anilines is 2. The standard InChI is InChI=1S/2C20H16N4O4/c2*1-14(15-7-9-17(10-8-15)16-5-3-2-4-6-16)21-22-19-12-11-18(23(25)26)13-20(19)24(27)28/h2*2-13,22H,1H3/b2*21-14+. The summed E-state index contributed by atoms with van der Waals surface area (Å²) in [6.45, 7) is 3.53. The van der Waals surface area contributed by atoms with Crippen LogP contribution in [0, 0.1) is 40.5 Å². The lowest BCUT2D eigenvalue weighted by molar-refractivity contribution is -0.393. The van der Waals surface area contributed by atoms with E-state index in [1.165, 1.54) is 24.3 Å². The van der Waals surface area contributed by atoms with Gasteiger partial charge in [-0.3, -0.25) is 51.3 Å². The van der Waals surface area contributed by atoms with Gasteiger partial charge in [0, 0.05) is 12.1 Å². The fraction of sp³-hybridized carbons (Fsp3) is 0.0500. The first-order valence-electron chi connectivity index (χ1n) is 16.7. The molecule has 0 saturated carbocycles. The zero-order valence-corrected chi connectivity index (χ0v) is 29.8. The minimum Gasteiger partial charge on any atom is -0.271 e. The summed E-state index contributed by atoms with van der Waals surface area (Å²) in [6.07, 6.45) is 0. The monoisotopic (exact) mass is 752 g/mol. The third kappa shape index (κ3) is 10.0. The van der Waals surface area contributed by atoms with Crippen molar-refractivity contribution >= 4 is 45.5 Å². The number of nitro benzene ring substituents is 4. The van der Waals surface area contributed by atoms with Crippen molar-refractivity contribution in [3.05, 3.63) is 197 Å².